The molecule has 1 amide bonds. The zero-order valence-electron chi connectivity index (χ0n) is 14.2. The Morgan fingerprint density at radius 1 is 1.13 bits per heavy atom. The third-order valence-corrected chi connectivity index (χ3v) is 6.13. The number of rotatable bonds is 1. The number of aromatic amines is 1. The molecule has 3 heteroatoms. The standard InChI is InChI=1S/C20H26N2O/c1-13-14(2)21-19-8-7-16(11-18(13)19)20(23)22-10-9-15-5-3-4-6-17(15)12-22/h7-8,11,15,17,21H,3-6,9-10,12H2,1-2H3. The number of benzene rings is 1. The zero-order valence-corrected chi connectivity index (χ0v) is 14.2. The highest BCUT2D eigenvalue weighted by Crippen LogP contribution is 2.36. The molecule has 1 aromatic carbocycles. The van der Waals surface area contributed by atoms with E-state index in [2.05, 4.69) is 35.9 Å². The number of likely N-dealkylation sites (tertiary alicyclic amines) is 1. The minimum atomic E-state index is 0.217. The first-order valence-corrected chi connectivity index (χ1v) is 9.01. The second-order valence-corrected chi connectivity index (χ2v) is 7.48. The van der Waals surface area contributed by atoms with Gasteiger partial charge >= 0.3 is 0 Å². The van der Waals surface area contributed by atoms with E-state index in [1.807, 2.05) is 6.07 Å². The van der Waals surface area contributed by atoms with Gasteiger partial charge in [-0.1, -0.05) is 19.3 Å². The van der Waals surface area contributed by atoms with E-state index in [1.54, 1.807) is 0 Å². The van der Waals surface area contributed by atoms with Crippen molar-refractivity contribution in [2.24, 2.45) is 11.8 Å². The molecule has 2 aliphatic rings. The lowest BCUT2D eigenvalue weighted by atomic mass is 9.75. The molecular formula is C20H26N2O. The average molecular weight is 310 g/mol. The van der Waals surface area contributed by atoms with Crippen molar-refractivity contribution in [1.29, 1.82) is 0 Å². The summed E-state index contributed by atoms with van der Waals surface area (Å²) in [4.78, 5) is 18.4. The van der Waals surface area contributed by atoms with Gasteiger partial charge in [-0.3, -0.25) is 4.79 Å². The van der Waals surface area contributed by atoms with Crippen LogP contribution < -0.4 is 0 Å². The van der Waals surface area contributed by atoms with Crippen LogP contribution in [0, 0.1) is 25.7 Å². The quantitative estimate of drug-likeness (QED) is 0.830. The molecule has 1 aliphatic carbocycles. The van der Waals surface area contributed by atoms with Crippen molar-refractivity contribution in [1.82, 2.24) is 9.88 Å². The first kappa shape index (κ1) is 14.8. The van der Waals surface area contributed by atoms with Crippen LogP contribution in [0.15, 0.2) is 18.2 Å². The molecule has 4 rings (SSSR count). The van der Waals surface area contributed by atoms with Gasteiger partial charge in [-0.15, -0.1) is 0 Å². The van der Waals surface area contributed by atoms with Crippen LogP contribution in [0.2, 0.25) is 0 Å². The lowest BCUT2D eigenvalue weighted by Gasteiger charge is -2.41. The Hall–Kier alpha value is -1.77. The largest absolute Gasteiger partial charge is 0.358 e. The lowest BCUT2D eigenvalue weighted by molar-refractivity contribution is 0.0521. The molecule has 1 saturated carbocycles. The van der Waals surface area contributed by atoms with E-state index in [9.17, 15) is 4.79 Å². The zero-order chi connectivity index (χ0) is 16.0. The van der Waals surface area contributed by atoms with E-state index >= 15 is 0 Å². The maximum Gasteiger partial charge on any atom is 0.253 e. The van der Waals surface area contributed by atoms with Gasteiger partial charge in [-0.25, -0.2) is 0 Å². The lowest BCUT2D eigenvalue weighted by Crippen LogP contribution is -2.44. The smallest absolute Gasteiger partial charge is 0.253 e. The molecule has 2 heterocycles. The van der Waals surface area contributed by atoms with Crippen molar-refractivity contribution < 1.29 is 4.79 Å². The summed E-state index contributed by atoms with van der Waals surface area (Å²) < 4.78 is 0. The first-order valence-electron chi connectivity index (χ1n) is 9.01. The normalized spacial score (nSPS) is 24.7. The molecule has 2 atom stereocenters. The molecule has 1 saturated heterocycles. The number of hydrogen-bond acceptors (Lipinski definition) is 1. The van der Waals surface area contributed by atoms with Gasteiger partial charge in [0.05, 0.1) is 0 Å². The van der Waals surface area contributed by atoms with Gasteiger partial charge in [0, 0.05) is 35.2 Å². The molecular weight excluding hydrogens is 284 g/mol. The Kier molecular flexibility index (Phi) is 3.67. The Balaban J connectivity index is 1.58. The van der Waals surface area contributed by atoms with E-state index < -0.39 is 0 Å². The SMILES string of the molecule is Cc1[nH]c2ccc(C(=O)N3CCC4CCCCC4C3)cc2c1C. The summed E-state index contributed by atoms with van der Waals surface area (Å²) in [7, 11) is 0. The van der Waals surface area contributed by atoms with Crippen LogP contribution in [0.4, 0.5) is 0 Å². The van der Waals surface area contributed by atoms with Crippen molar-refractivity contribution in [2.45, 2.75) is 46.0 Å². The highest BCUT2D eigenvalue weighted by molar-refractivity contribution is 5.99. The number of hydrogen-bond donors (Lipinski definition) is 1. The van der Waals surface area contributed by atoms with Crippen molar-refractivity contribution in [3.8, 4) is 0 Å². The molecule has 23 heavy (non-hydrogen) atoms. The van der Waals surface area contributed by atoms with E-state index in [0.717, 1.165) is 36.0 Å². The number of nitrogens with zero attached hydrogens (tertiary/aromatic N) is 1. The summed E-state index contributed by atoms with van der Waals surface area (Å²) >= 11 is 0. The summed E-state index contributed by atoms with van der Waals surface area (Å²) in [6, 6.07) is 6.10. The summed E-state index contributed by atoms with van der Waals surface area (Å²) in [6.07, 6.45) is 6.61. The second-order valence-electron chi connectivity index (χ2n) is 7.48. The number of nitrogens with one attached hydrogen (secondary N) is 1. The van der Waals surface area contributed by atoms with Crippen LogP contribution in [-0.4, -0.2) is 28.9 Å². The average Bonchev–Trinajstić information content (AvgIpc) is 2.88. The summed E-state index contributed by atoms with van der Waals surface area (Å²) in [6.45, 7) is 6.11. The molecule has 122 valence electrons. The number of H-pyrrole nitrogens is 1. The van der Waals surface area contributed by atoms with Crippen LogP contribution in [-0.2, 0) is 0 Å². The molecule has 1 aliphatic heterocycles. The molecule has 1 aromatic heterocycles. The first-order chi connectivity index (χ1) is 11.1. The minimum Gasteiger partial charge on any atom is -0.358 e. The molecule has 0 spiro atoms. The van der Waals surface area contributed by atoms with Crippen molar-refractivity contribution in [3.63, 3.8) is 0 Å². The highest BCUT2D eigenvalue weighted by atomic mass is 16.2. The highest BCUT2D eigenvalue weighted by Gasteiger charge is 2.33. The summed E-state index contributed by atoms with van der Waals surface area (Å²) in [5.74, 6) is 1.82. The van der Waals surface area contributed by atoms with Crippen LogP contribution in [0.1, 0.15) is 53.7 Å². The molecule has 0 radical (unpaired) electrons. The number of carbonyl (C=O) groups is 1. The van der Waals surface area contributed by atoms with Crippen LogP contribution >= 0.6 is 0 Å². The van der Waals surface area contributed by atoms with Crippen LogP contribution in [0.5, 0.6) is 0 Å². The third-order valence-electron chi connectivity index (χ3n) is 6.13. The van der Waals surface area contributed by atoms with Gasteiger partial charge in [0.2, 0.25) is 0 Å². The Morgan fingerprint density at radius 3 is 2.74 bits per heavy atom. The second kappa shape index (κ2) is 5.70. The Morgan fingerprint density at radius 2 is 1.91 bits per heavy atom. The topological polar surface area (TPSA) is 36.1 Å². The third kappa shape index (κ3) is 2.56. The van der Waals surface area contributed by atoms with Crippen LogP contribution in [0.3, 0.4) is 0 Å². The van der Waals surface area contributed by atoms with Gasteiger partial charge in [0.15, 0.2) is 0 Å². The maximum atomic E-state index is 13.0. The van der Waals surface area contributed by atoms with E-state index in [-0.39, 0.29) is 5.91 Å². The fourth-order valence-electron chi connectivity index (χ4n) is 4.56. The van der Waals surface area contributed by atoms with Gasteiger partial charge in [-0.2, -0.15) is 0 Å². The minimum absolute atomic E-state index is 0.217. The fraction of sp³-hybridized carbons (Fsp3) is 0.550. The van der Waals surface area contributed by atoms with E-state index in [4.69, 9.17) is 0 Å². The van der Waals surface area contributed by atoms with Gasteiger partial charge in [0.1, 0.15) is 0 Å². The van der Waals surface area contributed by atoms with Crippen molar-refractivity contribution in [3.05, 3.63) is 35.0 Å². The Bertz CT molecular complexity index is 745. The van der Waals surface area contributed by atoms with Gasteiger partial charge in [-0.05, 0) is 62.3 Å². The maximum absolute atomic E-state index is 13.0. The molecule has 2 unspecified atom stereocenters. The summed E-state index contributed by atoms with van der Waals surface area (Å²) in [5.41, 5.74) is 4.41. The number of fused-ring (bicyclic) bond motifs is 2. The van der Waals surface area contributed by atoms with Gasteiger partial charge in [0.25, 0.3) is 5.91 Å². The van der Waals surface area contributed by atoms with E-state index in [1.165, 1.54) is 48.7 Å². The summed E-state index contributed by atoms with van der Waals surface area (Å²) in [5, 5.41) is 1.18. The van der Waals surface area contributed by atoms with Crippen molar-refractivity contribution in [2.75, 3.05) is 13.1 Å². The van der Waals surface area contributed by atoms with E-state index in [0.29, 0.717) is 0 Å². The number of amides is 1. The monoisotopic (exact) mass is 310 g/mol. The number of carbonyl (C=O) groups excluding carboxylic acids is 1. The Labute approximate surface area is 138 Å². The molecule has 2 fully saturated rings. The van der Waals surface area contributed by atoms with Crippen LogP contribution in [0.25, 0.3) is 10.9 Å². The number of piperidine rings is 1. The predicted molar refractivity (Wildman–Crippen MR) is 93.7 cm³/mol. The molecule has 0 bridgehead atoms. The van der Waals surface area contributed by atoms with Gasteiger partial charge < -0.3 is 9.88 Å². The molecule has 2 aromatic rings. The fourth-order valence-corrected chi connectivity index (χ4v) is 4.56. The molecule has 1 N–H and O–H groups in total. The number of aromatic nitrogens is 1. The predicted octanol–water partition coefficient (Wildman–Crippen LogP) is 4.44. The molecule has 3 nitrogen and oxygen atoms in total. The number of aryl methyl sites for hydroxylation is 2. The van der Waals surface area contributed by atoms with Crippen molar-refractivity contribution >= 4 is 16.8 Å².